The van der Waals surface area contributed by atoms with Crippen LogP contribution in [0, 0.1) is 6.92 Å². The lowest BCUT2D eigenvalue weighted by Crippen LogP contribution is -2.07. The third-order valence-electron chi connectivity index (χ3n) is 7.30. The lowest BCUT2D eigenvalue weighted by molar-refractivity contribution is 0.753. The van der Waals surface area contributed by atoms with Gasteiger partial charge in [0.2, 0.25) is 0 Å². The molecule has 0 fully saturated rings. The number of pyridine rings is 1. The first kappa shape index (κ1) is 34.4. The van der Waals surface area contributed by atoms with Crippen molar-refractivity contribution in [3.8, 4) is 0 Å². The van der Waals surface area contributed by atoms with Crippen molar-refractivity contribution in [2.24, 2.45) is 0 Å². The normalized spacial score (nSPS) is 11.1. The highest BCUT2D eigenvalue weighted by atomic mass is 14.8. The minimum Gasteiger partial charge on any atom is -0.384 e. The average molecular weight is 531 g/mol. The van der Waals surface area contributed by atoms with E-state index in [1.807, 2.05) is 6.07 Å². The van der Waals surface area contributed by atoms with E-state index in [2.05, 4.69) is 137 Å². The van der Waals surface area contributed by atoms with Crippen molar-refractivity contribution in [1.82, 2.24) is 4.98 Å². The van der Waals surface area contributed by atoms with E-state index >= 15 is 0 Å². The summed E-state index contributed by atoms with van der Waals surface area (Å²) in [6.45, 7) is 28.9. The van der Waals surface area contributed by atoms with E-state index in [9.17, 15) is 0 Å². The van der Waals surface area contributed by atoms with Gasteiger partial charge in [-0.05, 0) is 94.4 Å². The SMILES string of the molecule is CC(C)c1ccccc1C(C)C.CCc1cccc(CC)c1C(C)C.Cc1cc(N)nc(C(C)C)c1C(C)C. The zero-order valence-corrected chi connectivity index (χ0v) is 27.4. The molecule has 2 N–H and O–H groups in total. The van der Waals surface area contributed by atoms with Gasteiger partial charge in [0, 0.05) is 5.69 Å². The molecule has 0 atom stereocenters. The summed E-state index contributed by atoms with van der Waals surface area (Å²) in [6.07, 6.45) is 2.31. The van der Waals surface area contributed by atoms with Gasteiger partial charge < -0.3 is 5.73 Å². The highest BCUT2D eigenvalue weighted by Gasteiger charge is 2.15. The zero-order valence-electron chi connectivity index (χ0n) is 27.4. The summed E-state index contributed by atoms with van der Waals surface area (Å²) in [4.78, 5) is 4.43. The van der Waals surface area contributed by atoms with Crippen LogP contribution in [0.4, 0.5) is 5.82 Å². The molecule has 1 heterocycles. The molecule has 2 aromatic carbocycles. The van der Waals surface area contributed by atoms with Gasteiger partial charge in [-0.15, -0.1) is 0 Å². The predicted molar refractivity (Wildman–Crippen MR) is 175 cm³/mol. The second kappa shape index (κ2) is 16.5. The van der Waals surface area contributed by atoms with E-state index in [4.69, 9.17) is 5.73 Å². The molecule has 0 spiro atoms. The molecule has 3 aromatic rings. The van der Waals surface area contributed by atoms with E-state index < -0.39 is 0 Å². The predicted octanol–water partition coefficient (Wildman–Crippen LogP) is 11.1. The maximum absolute atomic E-state index is 5.76. The van der Waals surface area contributed by atoms with Crippen LogP contribution in [0.15, 0.2) is 48.5 Å². The van der Waals surface area contributed by atoms with Crippen molar-refractivity contribution in [3.63, 3.8) is 0 Å². The Morgan fingerprint density at radius 2 is 1.03 bits per heavy atom. The van der Waals surface area contributed by atoms with E-state index in [1.165, 1.54) is 33.4 Å². The van der Waals surface area contributed by atoms with Gasteiger partial charge in [-0.3, -0.25) is 0 Å². The van der Waals surface area contributed by atoms with E-state index in [0.717, 1.165) is 18.5 Å². The second-order valence-corrected chi connectivity index (χ2v) is 12.3. The number of aromatic nitrogens is 1. The van der Waals surface area contributed by atoms with Crippen LogP contribution in [0.1, 0.15) is 157 Å². The van der Waals surface area contributed by atoms with Crippen molar-refractivity contribution in [1.29, 1.82) is 0 Å². The minimum atomic E-state index is 0.439. The highest BCUT2D eigenvalue weighted by molar-refractivity contribution is 5.43. The van der Waals surface area contributed by atoms with Crippen molar-refractivity contribution >= 4 is 5.82 Å². The number of aryl methyl sites for hydroxylation is 3. The Labute approximate surface area is 241 Å². The maximum Gasteiger partial charge on any atom is 0.123 e. The van der Waals surface area contributed by atoms with Crippen LogP contribution >= 0.6 is 0 Å². The van der Waals surface area contributed by atoms with Gasteiger partial charge in [0.05, 0.1) is 0 Å². The van der Waals surface area contributed by atoms with Gasteiger partial charge in [0.15, 0.2) is 0 Å². The Balaban J connectivity index is 0.000000293. The molecule has 0 aliphatic carbocycles. The minimum absolute atomic E-state index is 0.439. The summed E-state index contributed by atoms with van der Waals surface area (Å²) < 4.78 is 0. The number of nitrogens with zero attached hydrogens (tertiary/aromatic N) is 1. The molecule has 0 bridgehead atoms. The van der Waals surface area contributed by atoms with Crippen molar-refractivity contribution < 1.29 is 0 Å². The van der Waals surface area contributed by atoms with Gasteiger partial charge in [-0.1, -0.05) is 126 Å². The molecule has 0 aliphatic heterocycles. The molecular weight excluding hydrogens is 472 g/mol. The summed E-state index contributed by atoms with van der Waals surface area (Å²) in [7, 11) is 0. The summed E-state index contributed by atoms with van der Waals surface area (Å²) in [5.41, 5.74) is 17.1. The largest absolute Gasteiger partial charge is 0.384 e. The molecule has 39 heavy (non-hydrogen) atoms. The van der Waals surface area contributed by atoms with Crippen LogP contribution in [-0.2, 0) is 12.8 Å². The maximum atomic E-state index is 5.76. The summed E-state index contributed by atoms with van der Waals surface area (Å²) in [6, 6.07) is 17.4. The van der Waals surface area contributed by atoms with Crippen LogP contribution in [0.25, 0.3) is 0 Å². The molecule has 3 rings (SSSR count). The number of nitrogen functional groups attached to an aromatic ring is 1. The molecule has 0 unspecified atom stereocenters. The average Bonchev–Trinajstić information content (AvgIpc) is 2.87. The Bertz CT molecular complexity index is 1090. The Kier molecular flexibility index (Phi) is 14.5. The molecule has 0 saturated heterocycles. The first-order chi connectivity index (χ1) is 18.3. The standard InChI is InChI=1S/C13H20.C12H20N2.C12H18/c1-5-11-8-7-9-12(6-2)13(11)10(3)4;1-7(2)11-9(5)6-10(13)14-12(11)8(3)4;1-9(2)11-7-5-6-8-12(11)10(3)4/h7-10H,5-6H2,1-4H3;6-8H,1-5H3,(H2,13,14);5-10H,1-4H3. The lowest BCUT2D eigenvalue weighted by atomic mass is 9.90. The van der Waals surface area contributed by atoms with Crippen molar-refractivity contribution in [2.45, 2.75) is 132 Å². The van der Waals surface area contributed by atoms with Gasteiger partial charge in [-0.25, -0.2) is 4.98 Å². The topological polar surface area (TPSA) is 38.9 Å². The van der Waals surface area contributed by atoms with Crippen molar-refractivity contribution in [3.05, 3.63) is 93.2 Å². The third kappa shape index (κ3) is 10.1. The molecule has 1 aromatic heterocycles. The number of nitrogens with two attached hydrogens (primary N) is 1. The highest BCUT2D eigenvalue weighted by Crippen LogP contribution is 2.29. The molecule has 0 aliphatic rings. The molecular formula is C37H58N2. The number of anilines is 1. The second-order valence-electron chi connectivity index (χ2n) is 12.3. The molecule has 0 amide bonds. The van der Waals surface area contributed by atoms with E-state index in [-0.39, 0.29) is 0 Å². The van der Waals surface area contributed by atoms with Crippen LogP contribution < -0.4 is 5.73 Å². The van der Waals surface area contributed by atoms with Gasteiger partial charge in [0.25, 0.3) is 0 Å². The Morgan fingerprint density at radius 1 is 0.590 bits per heavy atom. The molecule has 2 nitrogen and oxygen atoms in total. The number of hydrogen-bond acceptors (Lipinski definition) is 2. The first-order valence-corrected chi connectivity index (χ1v) is 15.2. The fourth-order valence-corrected chi connectivity index (χ4v) is 5.51. The molecule has 0 saturated carbocycles. The smallest absolute Gasteiger partial charge is 0.123 e. The monoisotopic (exact) mass is 530 g/mol. The summed E-state index contributed by atoms with van der Waals surface area (Å²) in [5, 5.41) is 0. The van der Waals surface area contributed by atoms with Crippen LogP contribution in [-0.4, -0.2) is 4.98 Å². The van der Waals surface area contributed by atoms with Crippen LogP contribution in [0.3, 0.4) is 0 Å². The fraction of sp³-hybridized carbons (Fsp3) is 0.541. The number of hydrogen-bond donors (Lipinski definition) is 1. The molecule has 0 radical (unpaired) electrons. The van der Waals surface area contributed by atoms with E-state index in [1.54, 1.807) is 5.56 Å². The lowest BCUT2D eigenvalue weighted by Gasteiger charge is -2.18. The number of rotatable bonds is 7. The van der Waals surface area contributed by atoms with Crippen LogP contribution in [0.5, 0.6) is 0 Å². The Morgan fingerprint density at radius 3 is 1.36 bits per heavy atom. The molecule has 2 heteroatoms. The van der Waals surface area contributed by atoms with Gasteiger partial charge in [0.1, 0.15) is 5.82 Å². The first-order valence-electron chi connectivity index (χ1n) is 15.2. The van der Waals surface area contributed by atoms with Gasteiger partial charge >= 0.3 is 0 Å². The van der Waals surface area contributed by atoms with Crippen LogP contribution in [0.2, 0.25) is 0 Å². The summed E-state index contributed by atoms with van der Waals surface area (Å²) in [5.74, 6) is 3.53. The summed E-state index contributed by atoms with van der Waals surface area (Å²) >= 11 is 0. The third-order valence-corrected chi connectivity index (χ3v) is 7.30. The quantitative estimate of drug-likeness (QED) is 0.330. The van der Waals surface area contributed by atoms with E-state index in [0.29, 0.717) is 35.4 Å². The van der Waals surface area contributed by atoms with Crippen molar-refractivity contribution in [2.75, 3.05) is 5.73 Å². The zero-order chi connectivity index (χ0) is 29.9. The number of benzene rings is 2. The fourth-order valence-electron chi connectivity index (χ4n) is 5.51. The molecule has 216 valence electrons. The van der Waals surface area contributed by atoms with Gasteiger partial charge in [-0.2, -0.15) is 0 Å². The Hall–Kier alpha value is -2.61.